The van der Waals surface area contributed by atoms with E-state index in [0.717, 1.165) is 30.6 Å². The Balaban J connectivity index is 2.08. The van der Waals surface area contributed by atoms with Crippen molar-refractivity contribution in [3.63, 3.8) is 0 Å². The van der Waals surface area contributed by atoms with Crippen molar-refractivity contribution in [1.82, 2.24) is 5.32 Å². The van der Waals surface area contributed by atoms with Crippen LogP contribution < -0.4 is 10.6 Å². The molecule has 104 valence electrons. The Bertz CT molecular complexity index is 425. The fourth-order valence-electron chi connectivity index (χ4n) is 2.83. The number of hydrogen-bond acceptors (Lipinski definition) is 2. The molecule has 1 aliphatic carbocycles. The van der Waals surface area contributed by atoms with Crippen LogP contribution in [0.2, 0.25) is 0 Å². The second-order valence-corrected chi connectivity index (χ2v) is 5.34. The molecular weight excluding hydrogens is 236 g/mol. The fraction of sp³-hybridized carbons (Fsp3) is 0.562. The zero-order valence-corrected chi connectivity index (χ0v) is 11.9. The zero-order valence-electron chi connectivity index (χ0n) is 11.9. The maximum atomic E-state index is 12.2. The van der Waals surface area contributed by atoms with Crippen LogP contribution >= 0.6 is 0 Å². The first-order valence-electron chi connectivity index (χ1n) is 7.35. The topological polar surface area (TPSA) is 41.1 Å². The van der Waals surface area contributed by atoms with Crippen LogP contribution in [0.5, 0.6) is 0 Å². The van der Waals surface area contributed by atoms with E-state index in [1.807, 2.05) is 18.2 Å². The number of amides is 1. The largest absolute Gasteiger partial charge is 0.326 e. The number of rotatable bonds is 5. The molecule has 1 saturated carbocycles. The number of carbonyl (C=O) groups is 1. The predicted octanol–water partition coefficient (Wildman–Crippen LogP) is 3.49. The molecule has 2 rings (SSSR count). The van der Waals surface area contributed by atoms with Gasteiger partial charge in [-0.15, -0.1) is 0 Å². The summed E-state index contributed by atoms with van der Waals surface area (Å²) >= 11 is 0. The first-order valence-corrected chi connectivity index (χ1v) is 7.35. The summed E-state index contributed by atoms with van der Waals surface area (Å²) in [6.45, 7) is 5.15. The summed E-state index contributed by atoms with van der Waals surface area (Å²) < 4.78 is 0. The van der Waals surface area contributed by atoms with Crippen molar-refractivity contribution in [2.24, 2.45) is 5.92 Å². The van der Waals surface area contributed by atoms with Crippen molar-refractivity contribution < 1.29 is 4.79 Å². The molecular formula is C16H24N2O. The van der Waals surface area contributed by atoms with Gasteiger partial charge in [-0.05, 0) is 37.9 Å². The van der Waals surface area contributed by atoms with Crippen molar-refractivity contribution in [2.45, 2.75) is 45.6 Å². The minimum atomic E-state index is 0.189. The molecule has 1 aromatic rings. The third-order valence-corrected chi connectivity index (χ3v) is 3.92. The first-order chi connectivity index (χ1) is 9.22. The van der Waals surface area contributed by atoms with Crippen LogP contribution in [-0.2, 0) is 4.79 Å². The molecule has 0 bridgehead atoms. The molecule has 0 saturated heterocycles. The van der Waals surface area contributed by atoms with E-state index in [-0.39, 0.29) is 17.9 Å². The Morgan fingerprint density at radius 3 is 2.68 bits per heavy atom. The zero-order chi connectivity index (χ0) is 13.7. The molecule has 3 nitrogen and oxygen atoms in total. The normalized spacial score (nSPS) is 17.4. The summed E-state index contributed by atoms with van der Waals surface area (Å²) in [5, 5.41) is 6.51. The number of anilines is 1. The van der Waals surface area contributed by atoms with Crippen molar-refractivity contribution in [1.29, 1.82) is 0 Å². The van der Waals surface area contributed by atoms with Gasteiger partial charge in [0.2, 0.25) is 5.91 Å². The smallest absolute Gasteiger partial charge is 0.227 e. The van der Waals surface area contributed by atoms with Crippen molar-refractivity contribution >= 4 is 11.6 Å². The van der Waals surface area contributed by atoms with Crippen molar-refractivity contribution in [3.8, 4) is 0 Å². The molecule has 19 heavy (non-hydrogen) atoms. The Morgan fingerprint density at radius 2 is 2.00 bits per heavy atom. The number of carbonyl (C=O) groups excluding carboxylic acids is 1. The lowest BCUT2D eigenvalue weighted by molar-refractivity contribution is -0.119. The van der Waals surface area contributed by atoms with Gasteiger partial charge >= 0.3 is 0 Å². The van der Waals surface area contributed by atoms with E-state index in [0.29, 0.717) is 0 Å². The van der Waals surface area contributed by atoms with Gasteiger partial charge in [-0.3, -0.25) is 4.79 Å². The highest BCUT2D eigenvalue weighted by Crippen LogP contribution is 2.28. The van der Waals surface area contributed by atoms with Gasteiger partial charge in [-0.1, -0.05) is 38.0 Å². The van der Waals surface area contributed by atoms with Crippen molar-refractivity contribution in [2.75, 3.05) is 11.9 Å². The van der Waals surface area contributed by atoms with Crippen LogP contribution in [0.1, 0.15) is 51.1 Å². The van der Waals surface area contributed by atoms with Gasteiger partial charge in [0.15, 0.2) is 0 Å². The van der Waals surface area contributed by atoms with E-state index >= 15 is 0 Å². The first kappa shape index (κ1) is 14.1. The summed E-state index contributed by atoms with van der Waals surface area (Å²) in [7, 11) is 0. The summed E-state index contributed by atoms with van der Waals surface area (Å²) in [4.78, 5) is 12.2. The molecule has 0 aliphatic heterocycles. The van der Waals surface area contributed by atoms with Crippen LogP contribution in [0, 0.1) is 5.92 Å². The quantitative estimate of drug-likeness (QED) is 0.851. The van der Waals surface area contributed by atoms with Gasteiger partial charge < -0.3 is 10.6 Å². The summed E-state index contributed by atoms with van der Waals surface area (Å²) in [6, 6.07) is 8.33. The third kappa shape index (κ3) is 3.57. The third-order valence-electron chi connectivity index (χ3n) is 3.92. The minimum absolute atomic E-state index is 0.189. The van der Waals surface area contributed by atoms with Gasteiger partial charge in [0.05, 0.1) is 0 Å². The van der Waals surface area contributed by atoms with E-state index in [4.69, 9.17) is 0 Å². The van der Waals surface area contributed by atoms with Crippen LogP contribution in [0.25, 0.3) is 0 Å². The van der Waals surface area contributed by atoms with Crippen LogP contribution in [-0.4, -0.2) is 12.5 Å². The number of nitrogens with one attached hydrogen (secondary N) is 2. The maximum absolute atomic E-state index is 12.2. The van der Waals surface area contributed by atoms with E-state index in [9.17, 15) is 4.79 Å². The van der Waals surface area contributed by atoms with Crippen molar-refractivity contribution in [3.05, 3.63) is 29.8 Å². The van der Waals surface area contributed by atoms with Crippen LogP contribution in [0.3, 0.4) is 0 Å². The maximum Gasteiger partial charge on any atom is 0.227 e. The van der Waals surface area contributed by atoms with E-state index < -0.39 is 0 Å². The molecule has 0 spiro atoms. The Morgan fingerprint density at radius 1 is 1.32 bits per heavy atom. The SMILES string of the molecule is CCNC(C)c1ccccc1NC(=O)C1CCCC1. The highest BCUT2D eigenvalue weighted by Gasteiger charge is 2.23. The molecule has 1 aromatic carbocycles. The molecule has 0 radical (unpaired) electrons. The van der Waals surface area contributed by atoms with Gasteiger partial charge in [-0.2, -0.15) is 0 Å². The van der Waals surface area contributed by atoms with Gasteiger partial charge in [0.25, 0.3) is 0 Å². The molecule has 1 amide bonds. The highest BCUT2D eigenvalue weighted by atomic mass is 16.1. The lowest BCUT2D eigenvalue weighted by Gasteiger charge is -2.19. The van der Waals surface area contributed by atoms with E-state index in [1.165, 1.54) is 12.8 Å². The average molecular weight is 260 g/mol. The summed E-state index contributed by atoms with van der Waals surface area (Å²) in [5.41, 5.74) is 2.11. The molecule has 0 heterocycles. The Labute approximate surface area is 115 Å². The lowest BCUT2D eigenvalue weighted by atomic mass is 10.0. The predicted molar refractivity (Wildman–Crippen MR) is 79.1 cm³/mol. The van der Waals surface area contributed by atoms with Gasteiger partial charge in [0.1, 0.15) is 0 Å². The van der Waals surface area contributed by atoms with E-state index in [2.05, 4.69) is 30.5 Å². The Hall–Kier alpha value is -1.35. The lowest BCUT2D eigenvalue weighted by Crippen LogP contribution is -2.23. The number of hydrogen-bond donors (Lipinski definition) is 2. The standard InChI is InChI=1S/C16H24N2O/c1-3-17-12(2)14-10-6-7-11-15(14)18-16(19)13-8-4-5-9-13/h6-7,10-13,17H,3-5,8-9H2,1-2H3,(H,18,19). The molecule has 1 fully saturated rings. The van der Waals surface area contributed by atoms with Gasteiger partial charge in [-0.25, -0.2) is 0 Å². The molecule has 0 aromatic heterocycles. The summed E-state index contributed by atoms with van der Waals surface area (Å²) in [6.07, 6.45) is 4.45. The monoisotopic (exact) mass is 260 g/mol. The molecule has 3 heteroatoms. The van der Waals surface area contributed by atoms with Crippen LogP contribution in [0.4, 0.5) is 5.69 Å². The number of benzene rings is 1. The molecule has 1 aliphatic rings. The summed E-state index contributed by atoms with van der Waals surface area (Å²) in [5.74, 6) is 0.399. The second kappa shape index (κ2) is 6.71. The molecule has 1 unspecified atom stereocenters. The van der Waals surface area contributed by atoms with E-state index in [1.54, 1.807) is 0 Å². The van der Waals surface area contributed by atoms with Gasteiger partial charge in [0, 0.05) is 17.6 Å². The number of para-hydroxylation sites is 1. The highest BCUT2D eigenvalue weighted by molar-refractivity contribution is 5.93. The Kier molecular flexibility index (Phi) is 4.97. The molecule has 1 atom stereocenters. The fourth-order valence-corrected chi connectivity index (χ4v) is 2.83. The minimum Gasteiger partial charge on any atom is -0.326 e. The molecule has 2 N–H and O–H groups in total. The second-order valence-electron chi connectivity index (χ2n) is 5.34. The van der Waals surface area contributed by atoms with Crippen LogP contribution in [0.15, 0.2) is 24.3 Å². The average Bonchev–Trinajstić information content (AvgIpc) is 2.93.